The second-order valence-corrected chi connectivity index (χ2v) is 5.59. The second-order valence-electron chi connectivity index (χ2n) is 5.59. The highest BCUT2D eigenvalue weighted by molar-refractivity contribution is 5.70. The van der Waals surface area contributed by atoms with Gasteiger partial charge in [0.2, 0.25) is 0 Å². The number of hydrogen-bond donors (Lipinski definition) is 2. The van der Waals surface area contributed by atoms with E-state index >= 15 is 0 Å². The van der Waals surface area contributed by atoms with Crippen molar-refractivity contribution in [1.82, 2.24) is 14.7 Å². The van der Waals surface area contributed by atoms with Crippen molar-refractivity contribution in [2.75, 3.05) is 12.3 Å². The number of carbonyl (C=O) groups is 1. The number of hydrogen-bond acceptors (Lipinski definition) is 5. The van der Waals surface area contributed by atoms with E-state index in [0.29, 0.717) is 25.5 Å². The first kappa shape index (κ1) is 13.7. The van der Waals surface area contributed by atoms with E-state index in [1.165, 1.54) is 0 Å². The molecular weight excluding hydrogens is 248 g/mol. The van der Waals surface area contributed by atoms with Crippen LogP contribution in [0.3, 0.4) is 0 Å². The molecule has 0 aromatic carbocycles. The molecule has 0 fully saturated rings. The largest absolute Gasteiger partial charge is 0.444 e. The molecule has 2 rings (SSSR count). The van der Waals surface area contributed by atoms with Gasteiger partial charge in [0, 0.05) is 5.56 Å². The Morgan fingerprint density at radius 2 is 2.16 bits per heavy atom. The Kier molecular flexibility index (Phi) is 3.40. The van der Waals surface area contributed by atoms with Gasteiger partial charge in [-0.25, -0.2) is 9.48 Å². The quantitative estimate of drug-likeness (QED) is 0.823. The normalized spacial score (nSPS) is 14.6. The molecule has 0 unspecified atom stereocenters. The molecule has 0 spiro atoms. The van der Waals surface area contributed by atoms with Crippen LogP contribution in [0.15, 0.2) is 0 Å². The van der Waals surface area contributed by atoms with Gasteiger partial charge in [0.25, 0.3) is 0 Å². The van der Waals surface area contributed by atoms with Gasteiger partial charge >= 0.3 is 6.09 Å². The number of aromatic nitrogens is 2. The maximum Gasteiger partial charge on any atom is 0.410 e. The summed E-state index contributed by atoms with van der Waals surface area (Å²) in [6, 6.07) is 0. The second kappa shape index (κ2) is 4.73. The fraction of sp³-hybridized carbons (Fsp3) is 0.667. The number of ether oxygens (including phenoxy) is 1. The monoisotopic (exact) mass is 268 g/mol. The van der Waals surface area contributed by atoms with Crippen molar-refractivity contribution in [3.8, 4) is 0 Å². The third kappa shape index (κ3) is 2.81. The number of aliphatic hydroxyl groups is 1. The Balaban J connectivity index is 2.07. The summed E-state index contributed by atoms with van der Waals surface area (Å²) in [4.78, 5) is 13.5. The Morgan fingerprint density at radius 1 is 1.47 bits per heavy atom. The van der Waals surface area contributed by atoms with Crippen molar-refractivity contribution < 1.29 is 14.6 Å². The maximum absolute atomic E-state index is 11.9. The summed E-state index contributed by atoms with van der Waals surface area (Å²) in [6.07, 6.45) is -0.362. The van der Waals surface area contributed by atoms with E-state index in [9.17, 15) is 4.79 Å². The van der Waals surface area contributed by atoms with Gasteiger partial charge in [0.1, 0.15) is 11.4 Å². The molecule has 0 aliphatic carbocycles. The predicted molar refractivity (Wildman–Crippen MR) is 69.2 cm³/mol. The molecule has 106 valence electrons. The molecule has 1 aromatic heterocycles. The summed E-state index contributed by atoms with van der Waals surface area (Å²) in [5.74, 6) is 0.509. The molecule has 7 heteroatoms. The average molecular weight is 268 g/mol. The topological polar surface area (TPSA) is 93.6 Å². The molecule has 0 atom stereocenters. The van der Waals surface area contributed by atoms with E-state index in [4.69, 9.17) is 15.6 Å². The Hall–Kier alpha value is -1.76. The lowest BCUT2D eigenvalue weighted by atomic mass is 10.2. The fourth-order valence-corrected chi connectivity index (χ4v) is 2.01. The van der Waals surface area contributed by atoms with Gasteiger partial charge in [0.15, 0.2) is 0 Å². The van der Waals surface area contributed by atoms with Crippen molar-refractivity contribution in [3.05, 3.63) is 11.3 Å². The van der Waals surface area contributed by atoms with Crippen LogP contribution in [0.25, 0.3) is 0 Å². The number of nitrogens with zero attached hydrogens (tertiary/aromatic N) is 3. The first-order valence-corrected chi connectivity index (χ1v) is 6.24. The van der Waals surface area contributed by atoms with Gasteiger partial charge in [-0.15, -0.1) is 0 Å². The zero-order valence-electron chi connectivity index (χ0n) is 11.5. The molecule has 1 aliphatic heterocycles. The van der Waals surface area contributed by atoms with Crippen LogP contribution in [0.1, 0.15) is 32.0 Å². The minimum atomic E-state index is -0.514. The molecule has 3 N–H and O–H groups in total. The maximum atomic E-state index is 11.9. The molecular formula is C12H20N4O3. The highest BCUT2D eigenvalue weighted by Gasteiger charge is 2.31. The van der Waals surface area contributed by atoms with Crippen LogP contribution >= 0.6 is 0 Å². The first-order chi connectivity index (χ1) is 8.81. The summed E-state index contributed by atoms with van der Waals surface area (Å²) >= 11 is 0. The lowest BCUT2D eigenvalue weighted by molar-refractivity contribution is 0.0239. The van der Waals surface area contributed by atoms with Crippen molar-refractivity contribution in [2.24, 2.45) is 0 Å². The van der Waals surface area contributed by atoms with Crippen LogP contribution in [-0.2, 0) is 24.4 Å². The molecule has 7 nitrogen and oxygen atoms in total. The van der Waals surface area contributed by atoms with Crippen LogP contribution in [0.4, 0.5) is 10.6 Å². The molecule has 1 aliphatic rings. The molecule has 0 saturated heterocycles. The Bertz CT molecular complexity index is 490. The number of nitrogens with two attached hydrogens (primary N) is 1. The molecule has 0 radical (unpaired) electrons. The summed E-state index contributed by atoms with van der Waals surface area (Å²) in [5.41, 5.74) is 7.05. The number of anilines is 1. The molecule has 0 bridgehead atoms. The minimum absolute atomic E-state index is 0.0134. The zero-order chi connectivity index (χ0) is 14.2. The smallest absolute Gasteiger partial charge is 0.410 e. The number of amides is 1. The van der Waals surface area contributed by atoms with Gasteiger partial charge in [-0.2, -0.15) is 5.10 Å². The van der Waals surface area contributed by atoms with Crippen LogP contribution in [0, 0.1) is 0 Å². The van der Waals surface area contributed by atoms with Crippen LogP contribution in [0.2, 0.25) is 0 Å². The third-order valence-electron chi connectivity index (χ3n) is 2.83. The van der Waals surface area contributed by atoms with E-state index < -0.39 is 5.60 Å². The van der Waals surface area contributed by atoms with E-state index in [1.807, 2.05) is 20.8 Å². The Labute approximate surface area is 111 Å². The lowest BCUT2D eigenvalue weighted by Crippen LogP contribution is -2.33. The summed E-state index contributed by atoms with van der Waals surface area (Å²) in [5, 5.41) is 13.2. The first-order valence-electron chi connectivity index (χ1n) is 6.24. The molecule has 19 heavy (non-hydrogen) atoms. The van der Waals surface area contributed by atoms with E-state index in [1.54, 1.807) is 9.58 Å². The van der Waals surface area contributed by atoms with Crippen LogP contribution in [-0.4, -0.2) is 38.1 Å². The van der Waals surface area contributed by atoms with Gasteiger partial charge in [-0.1, -0.05) is 0 Å². The molecule has 0 saturated carbocycles. The van der Waals surface area contributed by atoms with Gasteiger partial charge in [-0.05, 0) is 20.8 Å². The third-order valence-corrected chi connectivity index (χ3v) is 2.83. The standard InChI is InChI=1S/C12H20N4O3/c1-12(2,3)19-11(18)15-6-8-9(7-15)14-16(4-5-17)10(8)13/h17H,4-7,13H2,1-3H3. The number of aliphatic hydroxyl groups excluding tert-OH is 1. The highest BCUT2D eigenvalue weighted by atomic mass is 16.6. The zero-order valence-corrected chi connectivity index (χ0v) is 11.5. The summed E-state index contributed by atoms with van der Waals surface area (Å²) in [7, 11) is 0. The van der Waals surface area contributed by atoms with Gasteiger partial charge in [-0.3, -0.25) is 4.90 Å². The van der Waals surface area contributed by atoms with E-state index in [2.05, 4.69) is 5.10 Å². The number of rotatable bonds is 2. The minimum Gasteiger partial charge on any atom is -0.444 e. The van der Waals surface area contributed by atoms with Crippen molar-refractivity contribution in [1.29, 1.82) is 0 Å². The molecule has 1 aromatic rings. The average Bonchev–Trinajstić information content (AvgIpc) is 2.79. The number of nitrogen functional groups attached to an aromatic ring is 1. The number of carbonyl (C=O) groups excluding carboxylic acids is 1. The van der Waals surface area contributed by atoms with Gasteiger partial charge < -0.3 is 15.6 Å². The summed E-state index contributed by atoms with van der Waals surface area (Å²) < 4.78 is 6.88. The van der Waals surface area contributed by atoms with Crippen molar-refractivity contribution in [3.63, 3.8) is 0 Å². The molecule has 1 amide bonds. The number of fused-ring (bicyclic) bond motifs is 1. The van der Waals surface area contributed by atoms with E-state index in [0.717, 1.165) is 11.3 Å². The van der Waals surface area contributed by atoms with Crippen LogP contribution < -0.4 is 5.73 Å². The fourth-order valence-electron chi connectivity index (χ4n) is 2.01. The van der Waals surface area contributed by atoms with Crippen molar-refractivity contribution in [2.45, 2.75) is 46.0 Å². The predicted octanol–water partition coefficient (Wildman–Crippen LogP) is 0.708. The van der Waals surface area contributed by atoms with E-state index in [-0.39, 0.29) is 12.7 Å². The Morgan fingerprint density at radius 3 is 2.68 bits per heavy atom. The SMILES string of the molecule is CC(C)(C)OC(=O)N1Cc2nn(CCO)c(N)c2C1. The molecule has 2 heterocycles. The van der Waals surface area contributed by atoms with Crippen molar-refractivity contribution >= 4 is 11.9 Å². The van der Waals surface area contributed by atoms with Gasteiger partial charge in [0.05, 0.1) is 31.9 Å². The lowest BCUT2D eigenvalue weighted by Gasteiger charge is -2.24. The van der Waals surface area contributed by atoms with Crippen LogP contribution in [0.5, 0.6) is 0 Å². The summed E-state index contributed by atoms with van der Waals surface area (Å²) in [6.45, 7) is 6.64. The highest BCUT2D eigenvalue weighted by Crippen LogP contribution is 2.28.